The molecule has 0 saturated heterocycles. The molecule has 0 aliphatic rings. The van der Waals surface area contributed by atoms with Crippen molar-refractivity contribution in [3.63, 3.8) is 0 Å². The number of unbranched alkanes of at least 4 members (excludes halogenated alkanes) is 2. The summed E-state index contributed by atoms with van der Waals surface area (Å²) in [6.07, 6.45) is 4.52. The molecule has 0 radical (unpaired) electrons. The molecule has 2 heteroatoms. The van der Waals surface area contributed by atoms with Crippen LogP contribution in [0.15, 0.2) is 0 Å². The van der Waals surface area contributed by atoms with Crippen molar-refractivity contribution in [3.8, 4) is 0 Å². The Kier molecular flexibility index (Phi) is 10.3. The summed E-state index contributed by atoms with van der Waals surface area (Å²) < 4.78 is 3.03. The van der Waals surface area contributed by atoms with Crippen LogP contribution in [-0.2, 0) is 0 Å². The Labute approximate surface area is 81.3 Å². The fraction of sp³-hybridized carbons (Fsp3) is 1.00. The fourth-order valence-electron chi connectivity index (χ4n) is 0.677. The molecule has 0 amide bonds. The second-order valence-electron chi connectivity index (χ2n) is 2.06. The van der Waals surface area contributed by atoms with Gasteiger partial charge in [-0.1, -0.05) is 0 Å². The first-order chi connectivity index (χ1) is 3.41. The van der Waals surface area contributed by atoms with Crippen molar-refractivity contribution in [2.45, 2.75) is 26.6 Å². The van der Waals surface area contributed by atoms with Gasteiger partial charge < -0.3 is 0 Å². The summed E-state index contributed by atoms with van der Waals surface area (Å²) in [6.45, 7) is 0. The predicted octanol–water partition coefficient (Wildman–Crippen LogP) is 1.33. The van der Waals surface area contributed by atoms with Crippen LogP contribution in [0.3, 0.4) is 0 Å². The van der Waals surface area contributed by atoms with Gasteiger partial charge in [-0.25, -0.2) is 0 Å². The normalized spacial score (nSPS) is 9.71. The molecule has 0 heterocycles. The molecule has 0 bridgehead atoms. The number of hydrogen-bond donors (Lipinski definition) is 0. The standard InChI is InChI=1S/C5H10.2Na/c1-3-5-4-2;;/h1-5H2;;. The van der Waals surface area contributed by atoms with Gasteiger partial charge in [-0.3, -0.25) is 0 Å². The Morgan fingerprint density at radius 2 is 1.14 bits per heavy atom. The molecule has 0 rings (SSSR count). The number of hydrogen-bond acceptors (Lipinski definition) is 0. The molecule has 0 fully saturated rings. The van der Waals surface area contributed by atoms with Crippen molar-refractivity contribution < 1.29 is 0 Å². The summed E-state index contributed by atoms with van der Waals surface area (Å²) in [7, 11) is 0. The third kappa shape index (κ3) is 8.00. The summed E-state index contributed by atoms with van der Waals surface area (Å²) >= 11 is 2.83. The van der Waals surface area contributed by atoms with Gasteiger partial charge >= 0.3 is 82.5 Å². The molecule has 0 aromatic heterocycles. The van der Waals surface area contributed by atoms with Gasteiger partial charge in [0.15, 0.2) is 0 Å². The van der Waals surface area contributed by atoms with E-state index in [0.29, 0.717) is 0 Å². The Hall–Kier alpha value is 2.00. The minimum atomic E-state index is 1.42. The molecule has 0 aliphatic carbocycles. The van der Waals surface area contributed by atoms with Gasteiger partial charge in [0.05, 0.1) is 0 Å². The first-order valence-corrected chi connectivity index (χ1v) is 6.24. The second-order valence-corrected chi connectivity index (χ2v) is 4.06. The van der Waals surface area contributed by atoms with E-state index in [2.05, 4.69) is 0 Å². The van der Waals surface area contributed by atoms with Gasteiger partial charge in [0.1, 0.15) is 0 Å². The third-order valence-corrected chi connectivity index (χ3v) is 2.62. The Morgan fingerprint density at radius 1 is 0.714 bits per heavy atom. The molecule has 32 valence electrons. The predicted molar refractivity (Wildman–Crippen MR) is 35.0 cm³/mol. The molecule has 0 aromatic rings. The first-order valence-electron chi connectivity index (χ1n) is 3.41. The topological polar surface area (TPSA) is 0 Å². The zero-order chi connectivity index (χ0) is 5.54. The van der Waals surface area contributed by atoms with Crippen molar-refractivity contribution in [1.29, 1.82) is 0 Å². The van der Waals surface area contributed by atoms with Crippen LogP contribution in [-0.4, -0.2) is 55.9 Å². The summed E-state index contributed by atoms with van der Waals surface area (Å²) in [6, 6.07) is 0. The van der Waals surface area contributed by atoms with Crippen LogP contribution in [0, 0.1) is 0 Å². The van der Waals surface area contributed by atoms with Gasteiger partial charge in [-0.15, -0.1) is 0 Å². The maximum absolute atomic E-state index is 1.52. The molecule has 0 spiro atoms. The van der Waals surface area contributed by atoms with Crippen LogP contribution in [0.4, 0.5) is 0 Å². The summed E-state index contributed by atoms with van der Waals surface area (Å²) in [5.74, 6) is 0. The quantitative estimate of drug-likeness (QED) is 0.384. The zero-order valence-electron chi connectivity index (χ0n) is 5.54. The average molecular weight is 116 g/mol. The summed E-state index contributed by atoms with van der Waals surface area (Å²) in [5.41, 5.74) is 0. The van der Waals surface area contributed by atoms with Crippen molar-refractivity contribution in [2.75, 3.05) is 0 Å². The molecule has 0 atom stereocenters. The molecule has 0 unspecified atom stereocenters. The van der Waals surface area contributed by atoms with Gasteiger partial charge in [-0.2, -0.15) is 0 Å². The van der Waals surface area contributed by atoms with Gasteiger partial charge in [-0.05, 0) is 0 Å². The van der Waals surface area contributed by atoms with E-state index in [4.69, 9.17) is 0 Å². The minimum absolute atomic E-state index is 1.42. The van der Waals surface area contributed by atoms with Crippen LogP contribution in [0.2, 0.25) is 7.34 Å². The van der Waals surface area contributed by atoms with Crippen LogP contribution >= 0.6 is 0 Å². The van der Waals surface area contributed by atoms with Crippen LogP contribution in [0.1, 0.15) is 19.3 Å². The Bertz CT molecular complexity index is 25.3. The van der Waals surface area contributed by atoms with E-state index >= 15 is 0 Å². The van der Waals surface area contributed by atoms with E-state index in [1.165, 1.54) is 82.5 Å². The van der Waals surface area contributed by atoms with Crippen molar-refractivity contribution in [3.05, 3.63) is 0 Å². The van der Waals surface area contributed by atoms with Crippen molar-refractivity contribution in [2.24, 2.45) is 0 Å². The van der Waals surface area contributed by atoms with E-state index in [1.54, 1.807) is 0 Å². The number of rotatable bonds is 4. The second kappa shape index (κ2) is 8.00. The molecule has 7 heavy (non-hydrogen) atoms. The average Bonchev–Trinajstić information content (AvgIpc) is 1.69. The van der Waals surface area contributed by atoms with Gasteiger partial charge in [0, 0.05) is 0 Å². The van der Waals surface area contributed by atoms with Crippen LogP contribution in [0.5, 0.6) is 0 Å². The monoisotopic (exact) mass is 116 g/mol. The van der Waals surface area contributed by atoms with Crippen LogP contribution in [0.25, 0.3) is 0 Å². The van der Waals surface area contributed by atoms with Gasteiger partial charge in [0.2, 0.25) is 0 Å². The Balaban J connectivity index is 2.45. The van der Waals surface area contributed by atoms with E-state index in [0.717, 1.165) is 0 Å². The molecular formula is C5H10Na2. The molecular weight excluding hydrogens is 106 g/mol. The van der Waals surface area contributed by atoms with E-state index in [9.17, 15) is 0 Å². The van der Waals surface area contributed by atoms with E-state index < -0.39 is 0 Å². The van der Waals surface area contributed by atoms with Crippen LogP contribution < -0.4 is 0 Å². The zero-order valence-corrected chi connectivity index (χ0v) is 9.54. The maximum atomic E-state index is 1.52. The van der Waals surface area contributed by atoms with Gasteiger partial charge in [0.25, 0.3) is 0 Å². The SMILES string of the molecule is [Na][CH2]CCC[CH2][Na]. The van der Waals surface area contributed by atoms with E-state index in [-0.39, 0.29) is 0 Å². The molecule has 0 saturated carbocycles. The first kappa shape index (κ1) is 9.00. The Morgan fingerprint density at radius 3 is 1.43 bits per heavy atom. The fourth-order valence-corrected chi connectivity index (χ4v) is 1.68. The molecule has 0 aromatic carbocycles. The third-order valence-electron chi connectivity index (χ3n) is 1.21. The molecule has 0 nitrogen and oxygen atoms in total. The van der Waals surface area contributed by atoms with Crippen molar-refractivity contribution >= 4 is 55.9 Å². The molecule has 0 aliphatic heterocycles. The molecule has 0 N–H and O–H groups in total. The summed E-state index contributed by atoms with van der Waals surface area (Å²) in [4.78, 5) is 0. The van der Waals surface area contributed by atoms with Crippen molar-refractivity contribution in [1.82, 2.24) is 0 Å². The van der Waals surface area contributed by atoms with E-state index in [1.807, 2.05) is 0 Å². The summed E-state index contributed by atoms with van der Waals surface area (Å²) in [5, 5.41) is 0.